The van der Waals surface area contributed by atoms with Crippen LogP contribution in [0.15, 0.2) is 24.3 Å². The number of para-hydroxylation sites is 1. The topological polar surface area (TPSA) is 58.6 Å². The Kier molecular flexibility index (Phi) is 3.64. The van der Waals surface area contributed by atoms with Crippen LogP contribution in [0.3, 0.4) is 0 Å². The second-order valence-electron chi connectivity index (χ2n) is 4.37. The van der Waals surface area contributed by atoms with Crippen molar-refractivity contribution in [2.45, 2.75) is 31.9 Å². The maximum atomic E-state index is 10.9. The lowest BCUT2D eigenvalue weighted by atomic mass is 10.0. The zero-order chi connectivity index (χ0) is 12.3. The maximum absolute atomic E-state index is 10.9. The monoisotopic (exact) mass is 235 g/mol. The number of carbonyl (C=O) groups is 1. The van der Waals surface area contributed by atoms with E-state index in [9.17, 15) is 4.79 Å². The number of aliphatic carboxylic acids is 1. The molecular formula is C13H17NO3. The van der Waals surface area contributed by atoms with Crippen molar-refractivity contribution in [1.82, 2.24) is 5.32 Å². The molecule has 0 spiro atoms. The van der Waals surface area contributed by atoms with Crippen LogP contribution in [-0.2, 0) is 4.79 Å². The molecule has 4 nitrogen and oxygen atoms in total. The first-order valence-electron chi connectivity index (χ1n) is 5.85. The average molecular weight is 235 g/mol. The van der Waals surface area contributed by atoms with E-state index in [4.69, 9.17) is 9.84 Å². The number of nitrogens with one attached hydrogen (secondary N) is 1. The summed E-state index contributed by atoms with van der Waals surface area (Å²) < 4.78 is 5.86. The minimum Gasteiger partial charge on any atom is -0.490 e. The summed E-state index contributed by atoms with van der Waals surface area (Å²) in [5.41, 5.74) is 1.08. The molecule has 1 fully saturated rings. The Morgan fingerprint density at radius 1 is 1.47 bits per heavy atom. The van der Waals surface area contributed by atoms with E-state index in [1.165, 1.54) is 0 Å². The Bertz CT molecular complexity index is 405. The van der Waals surface area contributed by atoms with Gasteiger partial charge in [-0.05, 0) is 31.5 Å². The summed E-state index contributed by atoms with van der Waals surface area (Å²) in [6.07, 6.45) is 1.35. The molecule has 1 aromatic carbocycles. The summed E-state index contributed by atoms with van der Waals surface area (Å²) in [6.45, 7) is 2.68. The number of rotatable bonds is 3. The minimum absolute atomic E-state index is 0.0153. The van der Waals surface area contributed by atoms with Gasteiger partial charge in [-0.15, -0.1) is 0 Å². The highest BCUT2D eigenvalue weighted by Gasteiger charge is 2.27. The van der Waals surface area contributed by atoms with E-state index < -0.39 is 12.0 Å². The normalized spacial score (nSPS) is 24.3. The van der Waals surface area contributed by atoms with Crippen LogP contribution in [0, 0.1) is 6.92 Å². The molecule has 1 aliphatic heterocycles. The molecule has 17 heavy (non-hydrogen) atoms. The molecule has 1 saturated heterocycles. The molecule has 0 aliphatic carbocycles. The molecule has 0 aromatic heterocycles. The van der Waals surface area contributed by atoms with Gasteiger partial charge in [0.2, 0.25) is 0 Å². The summed E-state index contributed by atoms with van der Waals surface area (Å²) in [4.78, 5) is 10.9. The highest BCUT2D eigenvalue weighted by molar-refractivity contribution is 5.73. The molecular weight excluding hydrogens is 218 g/mol. The van der Waals surface area contributed by atoms with Crippen molar-refractivity contribution in [3.8, 4) is 5.75 Å². The van der Waals surface area contributed by atoms with E-state index in [2.05, 4.69) is 5.32 Å². The number of ether oxygens (including phenoxy) is 1. The zero-order valence-corrected chi connectivity index (χ0v) is 9.85. The second-order valence-corrected chi connectivity index (χ2v) is 4.37. The molecule has 4 heteroatoms. The minimum atomic E-state index is -0.803. The smallest absolute Gasteiger partial charge is 0.320 e. The molecule has 2 unspecified atom stereocenters. The Morgan fingerprint density at radius 3 is 2.94 bits per heavy atom. The van der Waals surface area contributed by atoms with Gasteiger partial charge >= 0.3 is 5.97 Å². The number of aryl methyl sites for hydroxylation is 1. The van der Waals surface area contributed by atoms with Gasteiger partial charge in [-0.3, -0.25) is 4.79 Å². The highest BCUT2D eigenvalue weighted by Crippen LogP contribution is 2.22. The van der Waals surface area contributed by atoms with Crippen molar-refractivity contribution in [2.75, 3.05) is 6.54 Å². The Labute approximate surface area is 101 Å². The van der Waals surface area contributed by atoms with Gasteiger partial charge in [0.1, 0.15) is 17.9 Å². The average Bonchev–Trinajstić information content (AvgIpc) is 2.32. The summed E-state index contributed by atoms with van der Waals surface area (Å²) in [5.74, 6) is 0.0478. The highest BCUT2D eigenvalue weighted by atomic mass is 16.5. The molecule has 1 heterocycles. The Balaban J connectivity index is 1.99. The predicted molar refractivity (Wildman–Crippen MR) is 64.3 cm³/mol. The number of hydrogen-bond acceptors (Lipinski definition) is 3. The van der Waals surface area contributed by atoms with Crippen LogP contribution < -0.4 is 10.1 Å². The molecule has 2 atom stereocenters. The molecule has 1 aromatic rings. The molecule has 92 valence electrons. The van der Waals surface area contributed by atoms with Crippen LogP contribution in [0.4, 0.5) is 0 Å². The quantitative estimate of drug-likeness (QED) is 0.835. The second kappa shape index (κ2) is 5.19. The van der Waals surface area contributed by atoms with Gasteiger partial charge in [0.25, 0.3) is 0 Å². The first-order valence-corrected chi connectivity index (χ1v) is 5.85. The fraction of sp³-hybridized carbons (Fsp3) is 0.462. The molecule has 1 aliphatic rings. The van der Waals surface area contributed by atoms with E-state index in [1.807, 2.05) is 31.2 Å². The van der Waals surface area contributed by atoms with Crippen LogP contribution in [0.25, 0.3) is 0 Å². The van der Waals surface area contributed by atoms with Gasteiger partial charge in [-0.25, -0.2) is 0 Å². The van der Waals surface area contributed by atoms with Crippen LogP contribution in [-0.4, -0.2) is 29.8 Å². The van der Waals surface area contributed by atoms with Crippen molar-refractivity contribution in [2.24, 2.45) is 0 Å². The van der Waals surface area contributed by atoms with Crippen LogP contribution in [0.2, 0.25) is 0 Å². The number of benzene rings is 1. The third-order valence-corrected chi connectivity index (χ3v) is 3.04. The molecule has 0 bridgehead atoms. The van der Waals surface area contributed by atoms with Crippen molar-refractivity contribution >= 4 is 5.97 Å². The van der Waals surface area contributed by atoms with Gasteiger partial charge in [-0.2, -0.15) is 0 Å². The number of piperidine rings is 1. The third-order valence-electron chi connectivity index (χ3n) is 3.04. The molecule has 0 radical (unpaired) electrons. The summed E-state index contributed by atoms with van der Waals surface area (Å²) >= 11 is 0. The molecule has 0 amide bonds. The van der Waals surface area contributed by atoms with Gasteiger partial charge in [0, 0.05) is 6.42 Å². The predicted octanol–water partition coefficient (Wildman–Crippen LogP) is 1.58. The molecule has 2 rings (SSSR count). The SMILES string of the molecule is Cc1ccccc1OC1CCNC(C(=O)O)C1. The lowest BCUT2D eigenvalue weighted by molar-refractivity contribution is -0.140. The van der Waals surface area contributed by atoms with Crippen LogP contribution in [0.1, 0.15) is 18.4 Å². The summed E-state index contributed by atoms with van der Waals surface area (Å²) in [7, 11) is 0. The van der Waals surface area contributed by atoms with E-state index in [0.717, 1.165) is 17.7 Å². The summed E-state index contributed by atoms with van der Waals surface area (Å²) in [5, 5.41) is 11.9. The van der Waals surface area contributed by atoms with Crippen molar-refractivity contribution in [3.05, 3.63) is 29.8 Å². The van der Waals surface area contributed by atoms with Gasteiger partial charge < -0.3 is 15.2 Å². The lowest BCUT2D eigenvalue weighted by Gasteiger charge is -2.28. The van der Waals surface area contributed by atoms with Crippen LogP contribution >= 0.6 is 0 Å². The van der Waals surface area contributed by atoms with Crippen molar-refractivity contribution in [3.63, 3.8) is 0 Å². The van der Waals surface area contributed by atoms with E-state index in [-0.39, 0.29) is 6.10 Å². The van der Waals surface area contributed by atoms with Gasteiger partial charge in [0.05, 0.1) is 0 Å². The number of hydrogen-bond donors (Lipinski definition) is 2. The first-order chi connectivity index (χ1) is 8.16. The zero-order valence-electron chi connectivity index (χ0n) is 9.85. The standard InChI is InChI=1S/C13H17NO3/c1-9-4-2-3-5-12(9)17-10-6-7-14-11(8-10)13(15)16/h2-5,10-11,14H,6-8H2,1H3,(H,15,16). The lowest BCUT2D eigenvalue weighted by Crippen LogP contribution is -2.46. The maximum Gasteiger partial charge on any atom is 0.320 e. The van der Waals surface area contributed by atoms with Gasteiger partial charge in [-0.1, -0.05) is 18.2 Å². The molecule has 2 N–H and O–H groups in total. The van der Waals surface area contributed by atoms with Crippen molar-refractivity contribution < 1.29 is 14.6 Å². The van der Waals surface area contributed by atoms with Crippen LogP contribution in [0.5, 0.6) is 5.75 Å². The molecule has 0 saturated carbocycles. The number of carboxylic acids is 1. The third kappa shape index (κ3) is 2.97. The van der Waals surface area contributed by atoms with E-state index >= 15 is 0 Å². The Morgan fingerprint density at radius 2 is 2.24 bits per heavy atom. The van der Waals surface area contributed by atoms with E-state index in [0.29, 0.717) is 13.0 Å². The van der Waals surface area contributed by atoms with E-state index in [1.54, 1.807) is 0 Å². The first kappa shape index (κ1) is 11.9. The van der Waals surface area contributed by atoms with Crippen molar-refractivity contribution in [1.29, 1.82) is 0 Å². The fourth-order valence-corrected chi connectivity index (χ4v) is 2.05. The van der Waals surface area contributed by atoms with Gasteiger partial charge in [0.15, 0.2) is 0 Å². The fourth-order valence-electron chi connectivity index (χ4n) is 2.05. The Hall–Kier alpha value is -1.55. The number of carboxylic acid groups (broad SMARTS) is 1. The largest absolute Gasteiger partial charge is 0.490 e. The summed E-state index contributed by atoms with van der Waals surface area (Å²) in [6, 6.07) is 7.32.